The SMILES string of the molecule is COc1cc([CH][C@H]2CCCCC2(C)C)ccc1O. The first-order chi connectivity index (χ1) is 8.53. The zero-order valence-corrected chi connectivity index (χ0v) is 11.6. The van der Waals surface area contributed by atoms with Crippen LogP contribution in [0, 0.1) is 17.8 Å². The molecule has 0 amide bonds. The van der Waals surface area contributed by atoms with Crippen molar-refractivity contribution in [2.45, 2.75) is 39.5 Å². The number of hydrogen-bond donors (Lipinski definition) is 1. The lowest BCUT2D eigenvalue weighted by atomic mass is 9.67. The van der Waals surface area contributed by atoms with Crippen molar-refractivity contribution in [2.75, 3.05) is 7.11 Å². The smallest absolute Gasteiger partial charge is 0.160 e. The average molecular weight is 247 g/mol. The van der Waals surface area contributed by atoms with E-state index in [-0.39, 0.29) is 5.75 Å². The lowest BCUT2D eigenvalue weighted by Gasteiger charge is -2.38. The fourth-order valence-electron chi connectivity index (χ4n) is 2.86. The summed E-state index contributed by atoms with van der Waals surface area (Å²) in [5.74, 6) is 1.37. The van der Waals surface area contributed by atoms with Crippen LogP contribution in [0.2, 0.25) is 0 Å². The molecule has 2 heteroatoms. The average Bonchev–Trinajstić information content (AvgIpc) is 2.34. The van der Waals surface area contributed by atoms with E-state index in [1.165, 1.54) is 25.7 Å². The van der Waals surface area contributed by atoms with Crippen molar-refractivity contribution in [3.63, 3.8) is 0 Å². The summed E-state index contributed by atoms with van der Waals surface area (Å²) in [6, 6.07) is 5.59. The first kappa shape index (κ1) is 13.3. The van der Waals surface area contributed by atoms with E-state index in [9.17, 15) is 5.11 Å². The van der Waals surface area contributed by atoms with Crippen LogP contribution in [-0.4, -0.2) is 12.2 Å². The molecule has 0 heterocycles. The fourth-order valence-corrected chi connectivity index (χ4v) is 2.86. The van der Waals surface area contributed by atoms with E-state index in [1.807, 2.05) is 12.1 Å². The van der Waals surface area contributed by atoms with E-state index in [0.29, 0.717) is 17.1 Å². The van der Waals surface area contributed by atoms with Gasteiger partial charge in [0.25, 0.3) is 0 Å². The Morgan fingerprint density at radius 1 is 1.33 bits per heavy atom. The molecular weight excluding hydrogens is 224 g/mol. The third-order valence-corrected chi connectivity index (χ3v) is 4.19. The lowest BCUT2D eigenvalue weighted by molar-refractivity contribution is 0.167. The van der Waals surface area contributed by atoms with Gasteiger partial charge in [-0.1, -0.05) is 32.8 Å². The summed E-state index contributed by atoms with van der Waals surface area (Å²) < 4.78 is 5.16. The van der Waals surface area contributed by atoms with Crippen molar-refractivity contribution in [1.29, 1.82) is 0 Å². The van der Waals surface area contributed by atoms with Crippen molar-refractivity contribution < 1.29 is 9.84 Å². The molecule has 1 saturated carbocycles. The molecule has 2 nitrogen and oxygen atoms in total. The number of phenolic OH excluding ortho intramolecular Hbond substituents is 1. The maximum Gasteiger partial charge on any atom is 0.160 e. The van der Waals surface area contributed by atoms with E-state index >= 15 is 0 Å². The summed E-state index contributed by atoms with van der Waals surface area (Å²) in [5.41, 5.74) is 1.52. The maximum absolute atomic E-state index is 9.60. The Labute approximate surface area is 110 Å². The van der Waals surface area contributed by atoms with Gasteiger partial charge in [0.05, 0.1) is 7.11 Å². The molecular formula is C16H23O2. The molecule has 0 aliphatic heterocycles. The van der Waals surface area contributed by atoms with Crippen LogP contribution in [0.3, 0.4) is 0 Å². The number of ether oxygens (including phenoxy) is 1. The highest BCUT2D eigenvalue weighted by molar-refractivity contribution is 5.44. The number of rotatable bonds is 3. The molecule has 0 unspecified atom stereocenters. The summed E-state index contributed by atoms with van der Waals surface area (Å²) in [5, 5.41) is 9.60. The van der Waals surface area contributed by atoms with Crippen LogP contribution in [-0.2, 0) is 0 Å². The lowest BCUT2D eigenvalue weighted by Crippen LogP contribution is -2.28. The predicted molar refractivity (Wildman–Crippen MR) is 73.8 cm³/mol. The normalized spacial score (nSPS) is 22.7. The summed E-state index contributed by atoms with van der Waals surface area (Å²) >= 11 is 0. The molecule has 18 heavy (non-hydrogen) atoms. The molecule has 1 aliphatic carbocycles. The summed E-state index contributed by atoms with van der Waals surface area (Å²) in [7, 11) is 1.59. The topological polar surface area (TPSA) is 29.5 Å². The fraction of sp³-hybridized carbons (Fsp3) is 0.562. The van der Waals surface area contributed by atoms with Gasteiger partial charge >= 0.3 is 0 Å². The Hall–Kier alpha value is -1.18. The number of phenols is 1. The van der Waals surface area contributed by atoms with Gasteiger partial charge in [-0.15, -0.1) is 0 Å². The van der Waals surface area contributed by atoms with E-state index in [1.54, 1.807) is 13.2 Å². The van der Waals surface area contributed by atoms with Crippen LogP contribution in [0.5, 0.6) is 11.5 Å². The highest BCUT2D eigenvalue weighted by atomic mass is 16.5. The highest BCUT2D eigenvalue weighted by Gasteiger charge is 2.32. The largest absolute Gasteiger partial charge is 0.504 e. The quantitative estimate of drug-likeness (QED) is 0.868. The van der Waals surface area contributed by atoms with Gasteiger partial charge in [0, 0.05) is 0 Å². The van der Waals surface area contributed by atoms with Gasteiger partial charge in [-0.05, 0) is 48.3 Å². The second-order valence-electron chi connectivity index (χ2n) is 5.94. The Morgan fingerprint density at radius 2 is 2.11 bits per heavy atom. The van der Waals surface area contributed by atoms with E-state index in [4.69, 9.17) is 4.74 Å². The number of benzene rings is 1. The Balaban J connectivity index is 2.13. The molecule has 1 aromatic carbocycles. The van der Waals surface area contributed by atoms with E-state index in [2.05, 4.69) is 20.3 Å². The molecule has 99 valence electrons. The van der Waals surface area contributed by atoms with Crippen molar-refractivity contribution >= 4 is 0 Å². The molecule has 1 aliphatic rings. The second kappa shape index (κ2) is 5.21. The number of methoxy groups -OCH3 is 1. The molecule has 1 fully saturated rings. The zero-order valence-electron chi connectivity index (χ0n) is 11.6. The van der Waals surface area contributed by atoms with E-state index in [0.717, 1.165) is 5.56 Å². The van der Waals surface area contributed by atoms with Gasteiger partial charge in [0.1, 0.15) is 0 Å². The molecule has 1 N–H and O–H groups in total. The summed E-state index contributed by atoms with van der Waals surface area (Å²) in [4.78, 5) is 0. The molecule has 0 aromatic heterocycles. The summed E-state index contributed by atoms with van der Waals surface area (Å²) in [6.07, 6.45) is 7.55. The Morgan fingerprint density at radius 3 is 2.78 bits per heavy atom. The first-order valence-corrected chi connectivity index (χ1v) is 6.75. The van der Waals surface area contributed by atoms with Crippen LogP contribution in [0.25, 0.3) is 0 Å². The Bertz CT molecular complexity index is 410. The molecule has 2 rings (SSSR count). The van der Waals surface area contributed by atoms with Crippen molar-refractivity contribution in [1.82, 2.24) is 0 Å². The number of aromatic hydroxyl groups is 1. The standard InChI is InChI=1S/C16H23O2/c1-16(2)9-5-4-6-13(16)10-12-7-8-14(17)15(11-12)18-3/h7-8,10-11,13,17H,4-6,9H2,1-3H3/t13-/m1/s1. The molecule has 1 atom stereocenters. The number of hydrogen-bond acceptors (Lipinski definition) is 2. The third kappa shape index (κ3) is 2.80. The molecule has 1 aromatic rings. The van der Waals surface area contributed by atoms with Crippen LogP contribution >= 0.6 is 0 Å². The molecule has 0 bridgehead atoms. The van der Waals surface area contributed by atoms with Gasteiger partial charge in [-0.3, -0.25) is 0 Å². The van der Waals surface area contributed by atoms with Gasteiger partial charge in [-0.25, -0.2) is 0 Å². The van der Waals surface area contributed by atoms with Gasteiger partial charge in [0.2, 0.25) is 0 Å². The first-order valence-electron chi connectivity index (χ1n) is 6.75. The van der Waals surface area contributed by atoms with Crippen LogP contribution in [0.4, 0.5) is 0 Å². The minimum Gasteiger partial charge on any atom is -0.504 e. The monoisotopic (exact) mass is 247 g/mol. The zero-order chi connectivity index (χ0) is 13.2. The van der Waals surface area contributed by atoms with Crippen LogP contribution in [0.15, 0.2) is 18.2 Å². The van der Waals surface area contributed by atoms with Gasteiger partial charge < -0.3 is 9.84 Å². The van der Waals surface area contributed by atoms with Crippen molar-refractivity contribution in [3.8, 4) is 11.5 Å². The predicted octanol–water partition coefficient (Wildman–Crippen LogP) is 4.17. The van der Waals surface area contributed by atoms with Crippen LogP contribution < -0.4 is 4.74 Å². The van der Waals surface area contributed by atoms with Gasteiger partial charge in [0.15, 0.2) is 11.5 Å². The second-order valence-corrected chi connectivity index (χ2v) is 5.94. The third-order valence-electron chi connectivity index (χ3n) is 4.19. The highest BCUT2D eigenvalue weighted by Crippen LogP contribution is 2.43. The molecule has 1 radical (unpaired) electrons. The maximum atomic E-state index is 9.60. The van der Waals surface area contributed by atoms with Crippen molar-refractivity contribution in [2.24, 2.45) is 11.3 Å². The Kier molecular flexibility index (Phi) is 3.84. The van der Waals surface area contributed by atoms with Crippen LogP contribution in [0.1, 0.15) is 45.1 Å². The molecule has 0 spiro atoms. The minimum atomic E-state index is 0.206. The van der Waals surface area contributed by atoms with E-state index < -0.39 is 0 Å². The summed E-state index contributed by atoms with van der Waals surface area (Å²) in [6.45, 7) is 4.70. The van der Waals surface area contributed by atoms with Crippen molar-refractivity contribution in [3.05, 3.63) is 30.2 Å². The van der Waals surface area contributed by atoms with Gasteiger partial charge in [-0.2, -0.15) is 0 Å². The molecule has 0 saturated heterocycles. The minimum absolute atomic E-state index is 0.206.